The van der Waals surface area contributed by atoms with Crippen molar-refractivity contribution in [3.63, 3.8) is 0 Å². The highest BCUT2D eigenvalue weighted by Gasteiger charge is 2.11. The lowest BCUT2D eigenvalue weighted by molar-refractivity contribution is -0.137. The van der Waals surface area contributed by atoms with E-state index in [1.165, 1.54) is 0 Å². The summed E-state index contributed by atoms with van der Waals surface area (Å²) < 4.78 is 10.9. The predicted molar refractivity (Wildman–Crippen MR) is 64.6 cm³/mol. The molecule has 1 aromatic carbocycles. The molecule has 4 heteroatoms. The van der Waals surface area contributed by atoms with Crippen molar-refractivity contribution in [3.8, 4) is 11.5 Å². The molecule has 0 unspecified atom stereocenters. The highest BCUT2D eigenvalue weighted by molar-refractivity contribution is 5.66. The lowest BCUT2D eigenvalue weighted by Gasteiger charge is -2.21. The summed E-state index contributed by atoms with van der Waals surface area (Å²) in [4.78, 5) is 10.3. The first-order chi connectivity index (χ1) is 7.87. The Kier molecular flexibility index (Phi) is 4.37. The standard InChI is InChI=1S/C13H18O4/c1-13(2,3)17-11-6-4-10(5-7-11)16-9-8-12(14)15/h4-7H,8-9H2,1-3H3,(H,14,15). The van der Waals surface area contributed by atoms with Crippen LogP contribution in [0.3, 0.4) is 0 Å². The Morgan fingerprint density at radius 1 is 1.18 bits per heavy atom. The smallest absolute Gasteiger partial charge is 0.306 e. The van der Waals surface area contributed by atoms with Gasteiger partial charge in [0.25, 0.3) is 0 Å². The van der Waals surface area contributed by atoms with Gasteiger partial charge in [0.1, 0.15) is 17.1 Å². The monoisotopic (exact) mass is 238 g/mol. The van der Waals surface area contributed by atoms with E-state index in [4.69, 9.17) is 14.6 Å². The van der Waals surface area contributed by atoms with Gasteiger partial charge in [-0.1, -0.05) is 0 Å². The number of hydrogen-bond acceptors (Lipinski definition) is 3. The molecule has 0 atom stereocenters. The van der Waals surface area contributed by atoms with Crippen molar-refractivity contribution >= 4 is 5.97 Å². The lowest BCUT2D eigenvalue weighted by atomic mass is 10.2. The number of carbonyl (C=O) groups is 1. The van der Waals surface area contributed by atoms with Crippen molar-refractivity contribution in [2.24, 2.45) is 0 Å². The Morgan fingerprint density at radius 2 is 1.71 bits per heavy atom. The second kappa shape index (κ2) is 5.57. The average molecular weight is 238 g/mol. The van der Waals surface area contributed by atoms with E-state index in [0.717, 1.165) is 5.75 Å². The van der Waals surface area contributed by atoms with Gasteiger partial charge < -0.3 is 14.6 Å². The third kappa shape index (κ3) is 5.80. The molecule has 0 radical (unpaired) electrons. The van der Waals surface area contributed by atoms with E-state index < -0.39 is 5.97 Å². The Hall–Kier alpha value is -1.71. The molecule has 0 aliphatic heterocycles. The van der Waals surface area contributed by atoms with E-state index in [0.29, 0.717) is 5.75 Å². The number of ether oxygens (including phenoxy) is 2. The van der Waals surface area contributed by atoms with Crippen molar-refractivity contribution < 1.29 is 19.4 Å². The molecular formula is C13H18O4. The zero-order chi connectivity index (χ0) is 12.9. The molecule has 4 nitrogen and oxygen atoms in total. The second-order valence-corrected chi connectivity index (χ2v) is 4.68. The van der Waals surface area contributed by atoms with E-state index in [-0.39, 0.29) is 18.6 Å². The SMILES string of the molecule is CC(C)(C)Oc1ccc(OCCC(=O)O)cc1. The number of hydrogen-bond donors (Lipinski definition) is 1. The molecule has 0 spiro atoms. The van der Waals surface area contributed by atoms with Gasteiger partial charge in [-0.3, -0.25) is 4.79 Å². The van der Waals surface area contributed by atoms with Crippen LogP contribution in [0.15, 0.2) is 24.3 Å². The molecular weight excluding hydrogens is 220 g/mol. The van der Waals surface area contributed by atoms with Crippen LogP contribution in [0.1, 0.15) is 27.2 Å². The summed E-state index contributed by atoms with van der Waals surface area (Å²) >= 11 is 0. The quantitative estimate of drug-likeness (QED) is 0.856. The minimum atomic E-state index is -0.863. The third-order valence-electron chi connectivity index (χ3n) is 1.83. The second-order valence-electron chi connectivity index (χ2n) is 4.68. The molecule has 1 N–H and O–H groups in total. The minimum Gasteiger partial charge on any atom is -0.493 e. The Balaban J connectivity index is 2.47. The molecule has 0 saturated carbocycles. The zero-order valence-corrected chi connectivity index (χ0v) is 10.4. The van der Waals surface area contributed by atoms with Gasteiger partial charge in [0.15, 0.2) is 0 Å². The van der Waals surface area contributed by atoms with Gasteiger partial charge in [-0.25, -0.2) is 0 Å². The summed E-state index contributed by atoms with van der Waals surface area (Å²) in [5, 5.41) is 8.46. The van der Waals surface area contributed by atoms with E-state index in [9.17, 15) is 4.79 Å². The Labute approximate surface area is 101 Å². The normalized spacial score (nSPS) is 11.0. The van der Waals surface area contributed by atoms with Crippen LogP contribution < -0.4 is 9.47 Å². The maximum Gasteiger partial charge on any atom is 0.306 e. The summed E-state index contributed by atoms with van der Waals surface area (Å²) in [5.74, 6) is 0.549. The average Bonchev–Trinajstić information content (AvgIpc) is 2.18. The molecule has 0 bridgehead atoms. The molecule has 0 aliphatic rings. The van der Waals surface area contributed by atoms with Crippen LogP contribution in [0.5, 0.6) is 11.5 Å². The first-order valence-corrected chi connectivity index (χ1v) is 5.50. The molecule has 0 aromatic heterocycles. The van der Waals surface area contributed by atoms with Crippen molar-refractivity contribution in [1.29, 1.82) is 0 Å². The highest BCUT2D eigenvalue weighted by Crippen LogP contribution is 2.21. The van der Waals surface area contributed by atoms with Crippen LogP contribution in [-0.4, -0.2) is 23.3 Å². The van der Waals surface area contributed by atoms with Gasteiger partial charge in [-0.15, -0.1) is 0 Å². The fourth-order valence-electron chi connectivity index (χ4n) is 1.21. The van der Waals surface area contributed by atoms with Crippen LogP contribution >= 0.6 is 0 Å². The topological polar surface area (TPSA) is 55.8 Å². The van der Waals surface area contributed by atoms with E-state index in [1.807, 2.05) is 20.8 Å². The fraction of sp³-hybridized carbons (Fsp3) is 0.462. The minimum absolute atomic E-state index is 0.000241. The predicted octanol–water partition coefficient (Wildman–Crippen LogP) is 2.72. The summed E-state index contributed by atoms with van der Waals surface area (Å²) in [5.41, 5.74) is -0.230. The number of carboxylic acid groups (broad SMARTS) is 1. The van der Waals surface area contributed by atoms with Crippen LogP contribution in [0.2, 0.25) is 0 Å². The van der Waals surface area contributed by atoms with Gasteiger partial charge in [-0.05, 0) is 45.0 Å². The maximum atomic E-state index is 10.3. The number of benzene rings is 1. The highest BCUT2D eigenvalue weighted by atomic mass is 16.5. The van der Waals surface area contributed by atoms with Crippen molar-refractivity contribution in [1.82, 2.24) is 0 Å². The van der Waals surface area contributed by atoms with Gasteiger partial charge in [-0.2, -0.15) is 0 Å². The number of carboxylic acids is 1. The van der Waals surface area contributed by atoms with Crippen LogP contribution in [0.25, 0.3) is 0 Å². The largest absolute Gasteiger partial charge is 0.493 e. The third-order valence-corrected chi connectivity index (χ3v) is 1.83. The van der Waals surface area contributed by atoms with E-state index in [2.05, 4.69) is 0 Å². The molecule has 0 aliphatic carbocycles. The van der Waals surface area contributed by atoms with E-state index >= 15 is 0 Å². The van der Waals surface area contributed by atoms with Gasteiger partial charge in [0.2, 0.25) is 0 Å². The van der Waals surface area contributed by atoms with Gasteiger partial charge >= 0.3 is 5.97 Å². The maximum absolute atomic E-state index is 10.3. The van der Waals surface area contributed by atoms with Crippen LogP contribution in [-0.2, 0) is 4.79 Å². The first kappa shape index (κ1) is 13.4. The van der Waals surface area contributed by atoms with Crippen LogP contribution in [0, 0.1) is 0 Å². The zero-order valence-electron chi connectivity index (χ0n) is 10.4. The van der Waals surface area contributed by atoms with Crippen LogP contribution in [0.4, 0.5) is 0 Å². The Bertz CT molecular complexity index is 362. The van der Waals surface area contributed by atoms with Crippen molar-refractivity contribution in [2.45, 2.75) is 32.8 Å². The van der Waals surface area contributed by atoms with E-state index in [1.54, 1.807) is 24.3 Å². The van der Waals surface area contributed by atoms with Gasteiger partial charge in [0.05, 0.1) is 13.0 Å². The molecule has 0 heterocycles. The molecule has 1 rings (SSSR count). The summed E-state index contributed by atoms with van der Waals surface area (Å²) in [6.45, 7) is 6.10. The molecule has 0 saturated heterocycles. The van der Waals surface area contributed by atoms with Crippen molar-refractivity contribution in [3.05, 3.63) is 24.3 Å². The van der Waals surface area contributed by atoms with Crippen molar-refractivity contribution in [2.75, 3.05) is 6.61 Å². The summed E-state index contributed by atoms with van der Waals surface area (Å²) in [6.07, 6.45) is 0.000241. The molecule has 0 fully saturated rings. The molecule has 1 aromatic rings. The molecule has 94 valence electrons. The lowest BCUT2D eigenvalue weighted by Crippen LogP contribution is -2.22. The molecule has 17 heavy (non-hydrogen) atoms. The first-order valence-electron chi connectivity index (χ1n) is 5.50. The Morgan fingerprint density at radius 3 is 2.18 bits per heavy atom. The summed E-state index contributed by atoms with van der Waals surface area (Å²) in [6, 6.07) is 7.15. The molecule has 0 amide bonds. The number of rotatable bonds is 5. The summed E-state index contributed by atoms with van der Waals surface area (Å²) in [7, 11) is 0. The van der Waals surface area contributed by atoms with Gasteiger partial charge in [0, 0.05) is 0 Å². The number of aliphatic carboxylic acids is 1. The fourth-order valence-corrected chi connectivity index (χ4v) is 1.21.